The lowest BCUT2D eigenvalue weighted by atomic mass is 10.1. The van der Waals surface area contributed by atoms with Crippen LogP contribution in [0.3, 0.4) is 0 Å². The lowest BCUT2D eigenvalue weighted by Crippen LogP contribution is -2.37. The topological polar surface area (TPSA) is 85.0 Å². The maximum absolute atomic E-state index is 12.8. The molecule has 1 N–H and O–H groups in total. The normalized spacial score (nSPS) is 14.5. The number of carbonyl (C=O) groups is 2. The van der Waals surface area contributed by atoms with E-state index < -0.39 is 0 Å². The molecule has 0 aliphatic carbocycles. The SMILES string of the molecule is Cc1nn(CCC(=O)Nc2cnn(C)c2C(=O)N2CCCCC2)cc1Br. The van der Waals surface area contributed by atoms with Crippen molar-refractivity contribution in [1.29, 1.82) is 0 Å². The van der Waals surface area contributed by atoms with Crippen molar-refractivity contribution in [2.24, 2.45) is 7.05 Å². The summed E-state index contributed by atoms with van der Waals surface area (Å²) in [4.78, 5) is 26.9. The molecular formula is C17H23BrN6O2. The van der Waals surface area contributed by atoms with Gasteiger partial charge in [0, 0.05) is 39.3 Å². The number of piperidine rings is 1. The highest BCUT2D eigenvalue weighted by atomic mass is 79.9. The molecule has 3 heterocycles. The maximum Gasteiger partial charge on any atom is 0.274 e. The summed E-state index contributed by atoms with van der Waals surface area (Å²) in [7, 11) is 1.72. The molecule has 0 unspecified atom stereocenters. The lowest BCUT2D eigenvalue weighted by molar-refractivity contribution is -0.116. The highest BCUT2D eigenvalue weighted by molar-refractivity contribution is 9.10. The highest BCUT2D eigenvalue weighted by Gasteiger charge is 2.25. The lowest BCUT2D eigenvalue weighted by Gasteiger charge is -2.27. The van der Waals surface area contributed by atoms with Crippen molar-refractivity contribution in [3.8, 4) is 0 Å². The van der Waals surface area contributed by atoms with E-state index in [0.717, 1.165) is 42.5 Å². The predicted octanol–water partition coefficient (Wildman–Crippen LogP) is 2.34. The Morgan fingerprint density at radius 2 is 2.00 bits per heavy atom. The van der Waals surface area contributed by atoms with Crippen molar-refractivity contribution in [3.63, 3.8) is 0 Å². The fourth-order valence-electron chi connectivity index (χ4n) is 3.07. The number of nitrogens with zero attached hydrogens (tertiary/aromatic N) is 5. The average molecular weight is 423 g/mol. The van der Waals surface area contributed by atoms with Crippen molar-refractivity contribution in [3.05, 3.63) is 28.3 Å². The number of carbonyl (C=O) groups excluding carboxylic acids is 2. The number of amides is 2. The van der Waals surface area contributed by atoms with Gasteiger partial charge < -0.3 is 10.2 Å². The summed E-state index contributed by atoms with van der Waals surface area (Å²) >= 11 is 3.41. The van der Waals surface area contributed by atoms with Crippen molar-refractivity contribution < 1.29 is 9.59 Å². The Bertz CT molecular complexity index is 787. The molecule has 1 aliphatic heterocycles. The van der Waals surface area contributed by atoms with E-state index in [9.17, 15) is 9.59 Å². The van der Waals surface area contributed by atoms with Gasteiger partial charge in [-0.15, -0.1) is 0 Å². The van der Waals surface area contributed by atoms with Crippen molar-refractivity contribution in [2.75, 3.05) is 18.4 Å². The Hall–Kier alpha value is -2.16. The molecule has 0 atom stereocenters. The number of nitrogens with one attached hydrogen (secondary N) is 1. The summed E-state index contributed by atoms with van der Waals surface area (Å²) < 4.78 is 4.17. The number of hydrogen-bond donors (Lipinski definition) is 1. The van der Waals surface area contributed by atoms with Crippen LogP contribution < -0.4 is 5.32 Å². The van der Waals surface area contributed by atoms with Gasteiger partial charge in [0.25, 0.3) is 5.91 Å². The fraction of sp³-hybridized carbons (Fsp3) is 0.529. The van der Waals surface area contributed by atoms with Gasteiger partial charge in [0.05, 0.1) is 22.1 Å². The van der Waals surface area contributed by atoms with Gasteiger partial charge >= 0.3 is 0 Å². The summed E-state index contributed by atoms with van der Waals surface area (Å²) in [5.41, 5.74) is 1.77. The number of rotatable bonds is 5. The molecule has 2 aromatic heterocycles. The van der Waals surface area contributed by atoms with Crippen LogP contribution in [-0.4, -0.2) is 49.4 Å². The van der Waals surface area contributed by atoms with Crippen LogP contribution in [-0.2, 0) is 18.4 Å². The van der Waals surface area contributed by atoms with E-state index >= 15 is 0 Å². The largest absolute Gasteiger partial charge is 0.337 e. The van der Waals surface area contributed by atoms with Gasteiger partial charge in [0.2, 0.25) is 5.91 Å². The van der Waals surface area contributed by atoms with Crippen LogP contribution in [0.2, 0.25) is 0 Å². The number of anilines is 1. The number of aromatic nitrogens is 4. The monoisotopic (exact) mass is 422 g/mol. The zero-order valence-electron chi connectivity index (χ0n) is 15.0. The molecular weight excluding hydrogens is 400 g/mol. The highest BCUT2D eigenvalue weighted by Crippen LogP contribution is 2.20. The molecule has 2 aromatic rings. The van der Waals surface area contributed by atoms with Crippen LogP contribution in [0.4, 0.5) is 5.69 Å². The Labute approximate surface area is 160 Å². The molecule has 9 heteroatoms. The fourth-order valence-corrected chi connectivity index (χ4v) is 3.38. The third-order valence-electron chi connectivity index (χ3n) is 4.51. The molecule has 1 saturated heterocycles. The first-order valence-electron chi connectivity index (χ1n) is 8.76. The van der Waals surface area contributed by atoms with E-state index in [4.69, 9.17) is 0 Å². The molecule has 8 nitrogen and oxygen atoms in total. The third-order valence-corrected chi connectivity index (χ3v) is 5.29. The third kappa shape index (κ3) is 4.14. The van der Waals surface area contributed by atoms with E-state index in [-0.39, 0.29) is 18.2 Å². The maximum atomic E-state index is 12.8. The molecule has 26 heavy (non-hydrogen) atoms. The Morgan fingerprint density at radius 3 is 2.65 bits per heavy atom. The molecule has 0 aromatic carbocycles. The first-order chi connectivity index (χ1) is 12.5. The molecule has 0 radical (unpaired) electrons. The molecule has 0 bridgehead atoms. The Kier molecular flexibility index (Phi) is 5.75. The minimum atomic E-state index is -0.171. The summed E-state index contributed by atoms with van der Waals surface area (Å²) in [6.45, 7) is 3.87. The van der Waals surface area contributed by atoms with E-state index in [2.05, 4.69) is 31.4 Å². The predicted molar refractivity (Wildman–Crippen MR) is 101 cm³/mol. The Balaban J connectivity index is 1.64. The number of hydrogen-bond acceptors (Lipinski definition) is 4. The van der Waals surface area contributed by atoms with Gasteiger partial charge in [-0.3, -0.25) is 19.0 Å². The van der Waals surface area contributed by atoms with Gasteiger partial charge in [-0.1, -0.05) is 0 Å². The summed E-state index contributed by atoms with van der Waals surface area (Å²) in [6, 6.07) is 0. The first kappa shape index (κ1) is 18.6. The molecule has 2 amide bonds. The smallest absolute Gasteiger partial charge is 0.274 e. The zero-order valence-corrected chi connectivity index (χ0v) is 16.6. The minimum absolute atomic E-state index is 0.0772. The van der Waals surface area contributed by atoms with Crippen LogP contribution in [0.1, 0.15) is 41.9 Å². The van der Waals surface area contributed by atoms with Crippen LogP contribution in [0.15, 0.2) is 16.9 Å². The molecule has 140 valence electrons. The molecule has 1 aliphatic rings. The van der Waals surface area contributed by atoms with Gasteiger partial charge in [-0.2, -0.15) is 10.2 Å². The molecule has 3 rings (SSSR count). The van der Waals surface area contributed by atoms with Crippen molar-refractivity contribution >= 4 is 33.4 Å². The van der Waals surface area contributed by atoms with Crippen LogP contribution >= 0.6 is 15.9 Å². The summed E-state index contributed by atoms with van der Waals surface area (Å²) in [6.07, 6.45) is 6.83. The Morgan fingerprint density at radius 1 is 1.27 bits per heavy atom. The van der Waals surface area contributed by atoms with Gasteiger partial charge in [0.15, 0.2) is 0 Å². The number of halogens is 1. The standard InChI is InChI=1S/C17H23BrN6O2/c1-12-13(18)11-24(21-12)9-6-15(25)20-14-10-19-22(2)16(14)17(26)23-7-4-3-5-8-23/h10-11H,3-9H2,1-2H3,(H,20,25). The van der Waals surface area contributed by atoms with Gasteiger partial charge in [-0.05, 0) is 42.1 Å². The second-order valence-electron chi connectivity index (χ2n) is 6.51. The van der Waals surface area contributed by atoms with Crippen LogP contribution in [0, 0.1) is 6.92 Å². The average Bonchev–Trinajstić information content (AvgIpc) is 3.15. The minimum Gasteiger partial charge on any atom is -0.337 e. The molecule has 0 spiro atoms. The second kappa shape index (κ2) is 8.03. The summed E-state index contributed by atoms with van der Waals surface area (Å²) in [5, 5.41) is 11.3. The van der Waals surface area contributed by atoms with E-state index in [1.54, 1.807) is 11.7 Å². The van der Waals surface area contributed by atoms with E-state index in [1.165, 1.54) is 10.9 Å². The first-order valence-corrected chi connectivity index (χ1v) is 9.55. The van der Waals surface area contributed by atoms with Crippen molar-refractivity contribution in [1.82, 2.24) is 24.5 Å². The van der Waals surface area contributed by atoms with Crippen molar-refractivity contribution in [2.45, 2.75) is 39.2 Å². The number of aryl methyl sites for hydroxylation is 3. The molecule has 0 saturated carbocycles. The van der Waals surface area contributed by atoms with Crippen LogP contribution in [0.25, 0.3) is 0 Å². The van der Waals surface area contributed by atoms with E-state index in [0.29, 0.717) is 17.9 Å². The summed E-state index contributed by atoms with van der Waals surface area (Å²) in [5.74, 6) is -0.249. The zero-order chi connectivity index (χ0) is 18.7. The molecule has 1 fully saturated rings. The van der Waals surface area contributed by atoms with Crippen LogP contribution in [0.5, 0.6) is 0 Å². The number of likely N-dealkylation sites (tertiary alicyclic amines) is 1. The van der Waals surface area contributed by atoms with Gasteiger partial charge in [0.1, 0.15) is 5.69 Å². The van der Waals surface area contributed by atoms with Gasteiger partial charge in [-0.25, -0.2) is 0 Å². The van der Waals surface area contributed by atoms with E-state index in [1.807, 2.05) is 18.0 Å². The second-order valence-corrected chi connectivity index (χ2v) is 7.36. The quantitative estimate of drug-likeness (QED) is 0.800.